The van der Waals surface area contributed by atoms with E-state index >= 15 is 0 Å². The van der Waals surface area contributed by atoms with Crippen LogP contribution in [0.25, 0.3) is 0 Å². The summed E-state index contributed by atoms with van der Waals surface area (Å²) in [6, 6.07) is 27.5. The summed E-state index contributed by atoms with van der Waals surface area (Å²) < 4.78 is 11.4. The Bertz CT molecular complexity index is 944. The van der Waals surface area contributed by atoms with Crippen LogP contribution < -0.4 is 14.9 Å². The summed E-state index contributed by atoms with van der Waals surface area (Å²) in [6.07, 6.45) is 0.574. The Balaban J connectivity index is 1.46. The predicted molar refractivity (Wildman–Crippen MR) is 112 cm³/mol. The molecular weight excluding hydrogens is 364 g/mol. The molecule has 0 radical (unpaired) electrons. The van der Waals surface area contributed by atoms with Crippen molar-refractivity contribution in [2.24, 2.45) is 5.10 Å². The second-order valence-corrected chi connectivity index (χ2v) is 6.84. The quantitative estimate of drug-likeness (QED) is 0.518. The molecule has 5 nitrogen and oxygen atoms in total. The minimum absolute atomic E-state index is 0.158. The minimum Gasteiger partial charge on any atom is -0.485 e. The normalized spacial score (nSPS) is 14.7. The third kappa shape index (κ3) is 5.02. The molecule has 0 aromatic heterocycles. The van der Waals surface area contributed by atoms with Crippen molar-refractivity contribution in [3.8, 4) is 11.5 Å². The summed E-state index contributed by atoms with van der Waals surface area (Å²) in [7, 11) is 0. The van der Waals surface area contributed by atoms with Gasteiger partial charge >= 0.3 is 0 Å². The molecule has 1 unspecified atom stereocenters. The van der Waals surface area contributed by atoms with E-state index in [9.17, 15) is 4.79 Å². The van der Waals surface area contributed by atoms with Gasteiger partial charge in [-0.15, -0.1) is 0 Å². The Kier molecular flexibility index (Phi) is 5.86. The fraction of sp³-hybridized carbons (Fsp3) is 0.167. The monoisotopic (exact) mass is 386 g/mol. The van der Waals surface area contributed by atoms with Crippen LogP contribution in [0.4, 0.5) is 0 Å². The van der Waals surface area contributed by atoms with Gasteiger partial charge in [0.2, 0.25) is 6.10 Å². The van der Waals surface area contributed by atoms with Crippen molar-refractivity contribution in [2.45, 2.75) is 18.9 Å². The molecule has 0 saturated heterocycles. The van der Waals surface area contributed by atoms with E-state index in [-0.39, 0.29) is 12.5 Å². The molecule has 0 fully saturated rings. The van der Waals surface area contributed by atoms with Crippen LogP contribution in [-0.2, 0) is 17.6 Å². The average molecular weight is 386 g/mol. The zero-order chi connectivity index (χ0) is 19.9. The molecule has 4 rings (SSSR count). The number of hydrogen-bond acceptors (Lipinski definition) is 4. The molecule has 0 aliphatic carbocycles. The van der Waals surface area contributed by atoms with Crippen molar-refractivity contribution in [1.29, 1.82) is 0 Å². The van der Waals surface area contributed by atoms with Gasteiger partial charge in [-0.25, -0.2) is 5.43 Å². The summed E-state index contributed by atoms with van der Waals surface area (Å²) in [5.41, 5.74) is 5.82. The molecular formula is C24H22N2O3. The highest BCUT2D eigenvalue weighted by Gasteiger charge is 2.27. The van der Waals surface area contributed by atoms with E-state index in [1.807, 2.05) is 54.6 Å². The Morgan fingerprint density at radius 2 is 1.38 bits per heavy atom. The molecule has 0 saturated carbocycles. The Morgan fingerprint density at radius 3 is 2.00 bits per heavy atom. The number of hydrogen-bond donors (Lipinski definition) is 1. The smallest absolute Gasteiger partial charge is 0.284 e. The minimum atomic E-state index is -0.733. The number of nitrogens with one attached hydrogen (secondary N) is 1. The Morgan fingerprint density at radius 1 is 0.828 bits per heavy atom. The number of para-hydroxylation sites is 2. The van der Waals surface area contributed by atoms with E-state index in [4.69, 9.17) is 9.47 Å². The van der Waals surface area contributed by atoms with Gasteiger partial charge in [-0.05, 0) is 23.3 Å². The van der Waals surface area contributed by atoms with Gasteiger partial charge in [0.25, 0.3) is 5.91 Å². The summed E-state index contributed by atoms with van der Waals surface area (Å²) in [6.45, 7) is 0.158. The molecule has 1 heterocycles. The third-order valence-electron chi connectivity index (χ3n) is 4.63. The van der Waals surface area contributed by atoms with E-state index in [1.54, 1.807) is 6.07 Å². The summed E-state index contributed by atoms with van der Waals surface area (Å²) in [5.74, 6) is 0.892. The van der Waals surface area contributed by atoms with E-state index in [2.05, 4.69) is 34.8 Å². The first-order chi connectivity index (χ1) is 14.3. The van der Waals surface area contributed by atoms with Crippen molar-refractivity contribution in [1.82, 2.24) is 5.43 Å². The number of amides is 1. The zero-order valence-electron chi connectivity index (χ0n) is 16.0. The first kappa shape index (κ1) is 18.7. The lowest BCUT2D eigenvalue weighted by Crippen LogP contribution is -2.42. The molecule has 1 amide bonds. The molecule has 0 bridgehead atoms. The lowest BCUT2D eigenvalue weighted by atomic mass is 10.0. The van der Waals surface area contributed by atoms with Crippen molar-refractivity contribution < 1.29 is 14.3 Å². The van der Waals surface area contributed by atoms with Crippen LogP contribution in [0.15, 0.2) is 90.0 Å². The van der Waals surface area contributed by atoms with E-state index in [1.165, 1.54) is 0 Å². The molecule has 1 atom stereocenters. The molecule has 1 aliphatic heterocycles. The van der Waals surface area contributed by atoms with Crippen molar-refractivity contribution in [2.75, 3.05) is 6.61 Å². The van der Waals surface area contributed by atoms with Gasteiger partial charge in [0.1, 0.15) is 6.61 Å². The van der Waals surface area contributed by atoms with E-state index < -0.39 is 6.10 Å². The Hall–Kier alpha value is -3.60. The van der Waals surface area contributed by atoms with Gasteiger partial charge in [0.05, 0.1) is 0 Å². The van der Waals surface area contributed by atoms with Crippen molar-refractivity contribution in [3.05, 3.63) is 96.1 Å². The summed E-state index contributed by atoms with van der Waals surface area (Å²) in [4.78, 5) is 12.6. The van der Waals surface area contributed by atoms with Crippen LogP contribution in [-0.4, -0.2) is 24.3 Å². The average Bonchev–Trinajstić information content (AvgIpc) is 2.78. The number of nitrogens with zero attached hydrogens (tertiary/aromatic N) is 1. The maximum atomic E-state index is 12.6. The summed E-state index contributed by atoms with van der Waals surface area (Å²) >= 11 is 0. The Labute approximate surface area is 170 Å². The second kappa shape index (κ2) is 9.06. The second-order valence-electron chi connectivity index (χ2n) is 6.84. The lowest BCUT2D eigenvalue weighted by Gasteiger charge is -2.25. The highest BCUT2D eigenvalue weighted by molar-refractivity contribution is 5.90. The van der Waals surface area contributed by atoms with E-state index in [0.717, 1.165) is 16.8 Å². The van der Waals surface area contributed by atoms with Gasteiger partial charge in [-0.3, -0.25) is 4.79 Å². The van der Waals surface area contributed by atoms with Crippen molar-refractivity contribution >= 4 is 11.6 Å². The summed E-state index contributed by atoms with van der Waals surface area (Å²) in [5, 5.41) is 4.43. The van der Waals surface area contributed by atoms with Crippen LogP contribution >= 0.6 is 0 Å². The number of carbonyl (C=O) groups excluding carboxylic acids is 1. The van der Waals surface area contributed by atoms with Gasteiger partial charge in [-0.2, -0.15) is 5.10 Å². The van der Waals surface area contributed by atoms with Gasteiger partial charge in [0, 0.05) is 18.6 Å². The molecule has 29 heavy (non-hydrogen) atoms. The van der Waals surface area contributed by atoms with Crippen LogP contribution in [0, 0.1) is 0 Å². The van der Waals surface area contributed by atoms with Gasteiger partial charge in [-0.1, -0.05) is 72.8 Å². The fourth-order valence-electron chi connectivity index (χ4n) is 3.16. The number of hydrazone groups is 1. The van der Waals surface area contributed by atoms with Gasteiger partial charge < -0.3 is 9.47 Å². The lowest BCUT2D eigenvalue weighted by molar-refractivity contribution is -0.130. The molecule has 3 aromatic carbocycles. The fourth-order valence-corrected chi connectivity index (χ4v) is 3.16. The number of benzene rings is 3. The molecule has 5 heteroatoms. The number of carbonyl (C=O) groups is 1. The predicted octanol–water partition coefficient (Wildman–Crippen LogP) is 3.78. The first-order valence-corrected chi connectivity index (χ1v) is 9.59. The van der Waals surface area contributed by atoms with Gasteiger partial charge in [0.15, 0.2) is 11.5 Å². The zero-order valence-corrected chi connectivity index (χ0v) is 16.0. The van der Waals surface area contributed by atoms with E-state index in [0.29, 0.717) is 24.3 Å². The SMILES string of the molecule is O=C(NN=C(Cc1ccccc1)Cc1ccccc1)C1COc2ccccc2O1. The molecule has 146 valence electrons. The topological polar surface area (TPSA) is 59.9 Å². The van der Waals surface area contributed by atoms with Crippen LogP contribution in [0.2, 0.25) is 0 Å². The number of fused-ring (bicyclic) bond motifs is 1. The number of ether oxygens (including phenoxy) is 2. The molecule has 3 aromatic rings. The largest absolute Gasteiger partial charge is 0.485 e. The third-order valence-corrected chi connectivity index (χ3v) is 4.63. The maximum absolute atomic E-state index is 12.6. The maximum Gasteiger partial charge on any atom is 0.284 e. The standard InChI is InChI=1S/C24H22N2O3/c27-24(23-17-28-21-13-7-8-14-22(21)29-23)26-25-20(15-18-9-3-1-4-10-18)16-19-11-5-2-6-12-19/h1-14,23H,15-17H2,(H,26,27). The molecule has 1 N–H and O–H groups in total. The van der Waals surface area contributed by atoms with Crippen LogP contribution in [0.3, 0.4) is 0 Å². The van der Waals surface area contributed by atoms with Crippen LogP contribution in [0.5, 0.6) is 11.5 Å². The molecule has 0 spiro atoms. The van der Waals surface area contributed by atoms with Crippen LogP contribution in [0.1, 0.15) is 11.1 Å². The highest BCUT2D eigenvalue weighted by atomic mass is 16.6. The first-order valence-electron chi connectivity index (χ1n) is 9.59. The molecule has 1 aliphatic rings. The number of rotatable bonds is 6. The van der Waals surface area contributed by atoms with Crippen molar-refractivity contribution in [3.63, 3.8) is 0 Å². The highest BCUT2D eigenvalue weighted by Crippen LogP contribution is 2.30.